The van der Waals surface area contributed by atoms with E-state index in [-0.39, 0.29) is 23.7 Å². The minimum Gasteiger partial charge on any atom is -0.227 e. The second-order valence-corrected chi connectivity index (χ2v) is 11.8. The van der Waals surface area contributed by atoms with Gasteiger partial charge in [-0.15, -0.1) is 23.5 Å². The summed E-state index contributed by atoms with van der Waals surface area (Å²) in [6.07, 6.45) is 8.26. The molecule has 0 saturated heterocycles. The number of hydrogen-bond donors (Lipinski definition) is 0. The average Bonchev–Trinajstić information content (AvgIpc) is 2.93. The normalized spacial score (nSPS) is 21.2. The molecule has 1 aliphatic carbocycles. The van der Waals surface area contributed by atoms with Gasteiger partial charge in [-0.1, -0.05) is 84.2 Å². The van der Waals surface area contributed by atoms with Crippen molar-refractivity contribution in [1.29, 1.82) is 0 Å². The van der Waals surface area contributed by atoms with Gasteiger partial charge in [-0.25, -0.2) is 19.9 Å². The third-order valence-electron chi connectivity index (χ3n) is 6.79. The summed E-state index contributed by atoms with van der Waals surface area (Å²) in [4.78, 5) is 19.6. The molecule has 4 nitrogen and oxygen atoms in total. The molecule has 1 aliphatic rings. The first-order chi connectivity index (χ1) is 17.7. The summed E-state index contributed by atoms with van der Waals surface area (Å²) in [5, 5.41) is 3.69. The Balaban J connectivity index is 1.72. The van der Waals surface area contributed by atoms with Crippen molar-refractivity contribution in [3.05, 3.63) is 95.3 Å². The van der Waals surface area contributed by atoms with Crippen LogP contribution < -0.4 is 0 Å². The van der Waals surface area contributed by atoms with Gasteiger partial charge in [-0.2, -0.15) is 0 Å². The van der Waals surface area contributed by atoms with Crippen molar-refractivity contribution < 1.29 is 0 Å². The highest BCUT2D eigenvalue weighted by Gasteiger charge is 2.54. The molecule has 2 heterocycles. The van der Waals surface area contributed by atoms with Gasteiger partial charge in [0.2, 0.25) is 0 Å². The lowest BCUT2D eigenvalue weighted by molar-refractivity contribution is 0.217. The molecule has 0 aliphatic heterocycles. The van der Waals surface area contributed by atoms with Crippen molar-refractivity contribution >= 4 is 47.0 Å². The van der Waals surface area contributed by atoms with Crippen molar-refractivity contribution in [2.24, 2.45) is 0 Å². The number of benzene rings is 2. The van der Waals surface area contributed by atoms with E-state index in [1.165, 1.54) is 11.1 Å². The van der Waals surface area contributed by atoms with Crippen molar-refractivity contribution in [2.75, 3.05) is 25.0 Å². The Labute approximate surface area is 230 Å². The summed E-state index contributed by atoms with van der Waals surface area (Å²) in [6.45, 7) is 0. The highest BCUT2D eigenvalue weighted by Crippen LogP contribution is 2.66. The first-order valence-electron chi connectivity index (χ1n) is 11.7. The van der Waals surface area contributed by atoms with Crippen molar-refractivity contribution in [3.63, 3.8) is 0 Å². The monoisotopic (exact) mass is 548 g/mol. The molecule has 1 saturated carbocycles. The topological polar surface area (TPSA) is 51.6 Å². The highest BCUT2D eigenvalue weighted by atomic mass is 32.2. The minimum absolute atomic E-state index is 0.213. The fraction of sp³-hybridized carbons (Fsp3) is 0.286. The maximum Gasteiger partial charge on any atom is 0.188 e. The molecule has 0 amide bonds. The summed E-state index contributed by atoms with van der Waals surface area (Å²) in [5.74, 6) is 0.917. The lowest BCUT2D eigenvalue weighted by atomic mass is 9.50. The second kappa shape index (κ2) is 11.6. The number of thioether (sulfide) groups is 4. The molecular formula is C28H28N4S4. The summed E-state index contributed by atoms with van der Waals surface area (Å²) in [6, 6.07) is 26.1. The Kier molecular flexibility index (Phi) is 8.25. The first kappa shape index (κ1) is 25.6. The van der Waals surface area contributed by atoms with Crippen LogP contribution in [0.2, 0.25) is 0 Å². The Morgan fingerprint density at radius 3 is 1.19 bits per heavy atom. The Bertz CT molecular complexity index is 1160. The van der Waals surface area contributed by atoms with Crippen LogP contribution in [-0.2, 0) is 0 Å². The number of aromatic nitrogens is 4. The maximum absolute atomic E-state index is 5.07. The number of hydrogen-bond acceptors (Lipinski definition) is 8. The molecule has 0 spiro atoms. The van der Waals surface area contributed by atoms with Crippen LogP contribution in [0.5, 0.6) is 0 Å². The predicted octanol–water partition coefficient (Wildman–Crippen LogP) is 7.60. The maximum atomic E-state index is 5.07. The van der Waals surface area contributed by atoms with Crippen LogP contribution in [0.25, 0.3) is 0 Å². The summed E-state index contributed by atoms with van der Waals surface area (Å²) >= 11 is 6.56. The Hall–Kier alpha value is -2.00. The van der Waals surface area contributed by atoms with Gasteiger partial charge in [-0.3, -0.25) is 0 Å². The quantitative estimate of drug-likeness (QED) is 0.127. The van der Waals surface area contributed by atoms with E-state index in [0.29, 0.717) is 0 Å². The van der Waals surface area contributed by atoms with E-state index < -0.39 is 0 Å². The Morgan fingerprint density at radius 1 is 0.472 bits per heavy atom. The zero-order chi connectivity index (χ0) is 25.1. The van der Waals surface area contributed by atoms with Gasteiger partial charge < -0.3 is 0 Å². The smallest absolute Gasteiger partial charge is 0.188 e. The lowest BCUT2D eigenvalue weighted by Gasteiger charge is -2.52. The molecule has 4 aromatic rings. The molecule has 5 rings (SSSR count). The van der Waals surface area contributed by atoms with E-state index in [1.54, 1.807) is 47.0 Å². The van der Waals surface area contributed by atoms with Gasteiger partial charge in [0.1, 0.15) is 10.1 Å². The van der Waals surface area contributed by atoms with Gasteiger partial charge in [0, 0.05) is 23.7 Å². The summed E-state index contributed by atoms with van der Waals surface area (Å²) < 4.78 is 0. The molecule has 2 aromatic carbocycles. The van der Waals surface area contributed by atoms with Crippen LogP contribution in [0.15, 0.2) is 93.2 Å². The molecule has 0 N–H and O–H groups in total. The van der Waals surface area contributed by atoms with Crippen LogP contribution in [0.3, 0.4) is 0 Å². The van der Waals surface area contributed by atoms with E-state index in [1.807, 2.05) is 12.5 Å². The van der Waals surface area contributed by atoms with Gasteiger partial charge in [0.25, 0.3) is 0 Å². The van der Waals surface area contributed by atoms with Crippen LogP contribution in [0.1, 0.15) is 46.2 Å². The number of rotatable bonds is 8. The minimum atomic E-state index is 0.213. The van der Waals surface area contributed by atoms with Crippen LogP contribution in [0.4, 0.5) is 0 Å². The van der Waals surface area contributed by atoms with E-state index in [0.717, 1.165) is 31.8 Å². The van der Waals surface area contributed by atoms with Crippen LogP contribution in [-0.4, -0.2) is 45.0 Å². The van der Waals surface area contributed by atoms with Gasteiger partial charge in [-0.05, 0) is 48.3 Å². The number of nitrogens with zero attached hydrogens (tertiary/aromatic N) is 4. The largest absolute Gasteiger partial charge is 0.227 e. The zero-order valence-corrected chi connectivity index (χ0v) is 23.9. The van der Waals surface area contributed by atoms with Crippen molar-refractivity contribution in [2.45, 2.75) is 44.0 Å². The highest BCUT2D eigenvalue weighted by molar-refractivity contribution is 7.99. The fourth-order valence-corrected chi connectivity index (χ4v) is 6.96. The van der Waals surface area contributed by atoms with E-state index in [4.69, 9.17) is 19.9 Å². The first-order valence-corrected chi connectivity index (χ1v) is 16.6. The summed E-state index contributed by atoms with van der Waals surface area (Å²) in [7, 11) is 0. The van der Waals surface area contributed by atoms with Gasteiger partial charge in [0.05, 0.1) is 11.4 Å². The molecule has 0 bridgehead atoms. The van der Waals surface area contributed by atoms with E-state index in [9.17, 15) is 0 Å². The van der Waals surface area contributed by atoms with Gasteiger partial charge >= 0.3 is 0 Å². The van der Waals surface area contributed by atoms with Crippen LogP contribution >= 0.6 is 47.0 Å². The van der Waals surface area contributed by atoms with E-state index >= 15 is 0 Å². The van der Waals surface area contributed by atoms with Crippen molar-refractivity contribution in [3.8, 4) is 0 Å². The molecule has 2 aromatic heterocycles. The molecule has 0 atom stereocenters. The predicted molar refractivity (Wildman–Crippen MR) is 155 cm³/mol. The Morgan fingerprint density at radius 2 is 0.861 bits per heavy atom. The molecule has 1 fully saturated rings. The fourth-order valence-electron chi connectivity index (χ4n) is 5.24. The third-order valence-corrected chi connectivity index (χ3v) is 9.14. The SMILES string of the molecule is CSc1cc([C@H]2[C@H](c3ccccc3)[C@@H](c3cc(SC)nc(SC)n3)[C@H]2c2ccccc2)nc(SC)n1. The molecular weight excluding hydrogens is 521 g/mol. The molecule has 36 heavy (non-hydrogen) atoms. The van der Waals surface area contributed by atoms with Crippen LogP contribution in [0, 0.1) is 0 Å². The standard InChI is InChI=1S/C28H28N4S4/c1-33-21-15-19(29-27(31-21)35-3)25-23(17-11-7-5-8-12-17)26(24(25)18-13-9-6-10-14-18)20-16-22(34-2)32-28(30-20)36-4/h5-16,23-26H,1-4H3/t23-,24-,25-,26+. The molecule has 184 valence electrons. The average molecular weight is 549 g/mol. The molecule has 8 heteroatoms. The van der Waals surface area contributed by atoms with E-state index in [2.05, 4.69) is 85.3 Å². The second-order valence-electron chi connectivity index (χ2n) is 8.57. The van der Waals surface area contributed by atoms with Gasteiger partial charge in [0.15, 0.2) is 10.3 Å². The van der Waals surface area contributed by atoms with Crippen molar-refractivity contribution in [1.82, 2.24) is 19.9 Å². The zero-order valence-electron chi connectivity index (χ0n) is 20.7. The summed E-state index contributed by atoms with van der Waals surface area (Å²) in [5.41, 5.74) is 4.87. The third kappa shape index (κ3) is 5.05. The molecule has 0 radical (unpaired) electrons. The molecule has 0 unspecified atom stereocenters. The lowest BCUT2D eigenvalue weighted by Crippen LogP contribution is -2.41.